The van der Waals surface area contributed by atoms with Crippen LogP contribution in [0.3, 0.4) is 0 Å². The monoisotopic (exact) mass is 432 g/mol. The van der Waals surface area contributed by atoms with Crippen molar-refractivity contribution >= 4 is 62.4 Å². The van der Waals surface area contributed by atoms with Gasteiger partial charge < -0.3 is 5.11 Å². The number of aromatic hydroxyl groups is 1. The molecule has 0 radical (unpaired) electrons. The summed E-state index contributed by atoms with van der Waals surface area (Å²) in [6.45, 7) is 0. The molecule has 4 rings (SSSR count). The van der Waals surface area contributed by atoms with Crippen molar-refractivity contribution in [1.29, 1.82) is 0 Å². The summed E-state index contributed by atoms with van der Waals surface area (Å²) in [5, 5.41) is 11.0. The second-order valence-corrected chi connectivity index (χ2v) is 7.68. The van der Waals surface area contributed by atoms with Gasteiger partial charge in [0.2, 0.25) is 5.88 Å². The van der Waals surface area contributed by atoms with Gasteiger partial charge in [0.05, 0.1) is 21.3 Å². The molecule has 0 amide bonds. The fraction of sp³-hybridized carbons (Fsp3) is 0. The molecule has 1 aromatic heterocycles. The smallest absolute Gasteiger partial charge is 0.315 e. The lowest BCUT2D eigenvalue weighted by Gasteiger charge is -2.05. The lowest BCUT2D eigenvalue weighted by Crippen LogP contribution is -2.10. The fourth-order valence-corrected chi connectivity index (χ4v) is 4.05. The third kappa shape index (κ3) is 2.86. The van der Waals surface area contributed by atoms with E-state index in [2.05, 4.69) is 20.9 Å². The Bertz CT molecular complexity index is 1110. The predicted octanol–water partition coefficient (Wildman–Crippen LogP) is 5.28. The van der Waals surface area contributed by atoms with Crippen molar-refractivity contribution in [2.45, 2.75) is 0 Å². The normalized spacial score (nSPS) is 14.2. The van der Waals surface area contributed by atoms with Gasteiger partial charge in [0.1, 0.15) is 0 Å². The maximum atomic E-state index is 12.4. The average molecular weight is 434 g/mol. The minimum Gasteiger partial charge on any atom is -0.493 e. The summed E-state index contributed by atoms with van der Waals surface area (Å²) in [4.78, 5) is 16.9. The van der Waals surface area contributed by atoms with Crippen molar-refractivity contribution < 1.29 is 5.11 Å². The van der Waals surface area contributed by atoms with Gasteiger partial charge in [0.15, 0.2) is 0 Å². The van der Waals surface area contributed by atoms with Crippen molar-refractivity contribution in [1.82, 2.24) is 4.57 Å². The molecule has 1 N–H and O–H groups in total. The lowest BCUT2D eigenvalue weighted by atomic mass is 10.1. The van der Waals surface area contributed by atoms with Crippen molar-refractivity contribution in [2.24, 2.45) is 4.99 Å². The molecular weight excluding hydrogens is 424 g/mol. The highest BCUT2D eigenvalue weighted by Gasteiger charge is 2.18. The van der Waals surface area contributed by atoms with E-state index >= 15 is 0 Å². The molecule has 1 aliphatic rings. The first-order valence-electron chi connectivity index (χ1n) is 7.30. The molecule has 0 atom stereocenters. The molecule has 0 saturated heterocycles. The Labute approximate surface area is 160 Å². The largest absolute Gasteiger partial charge is 0.493 e. The number of halogens is 2. The van der Waals surface area contributed by atoms with Gasteiger partial charge in [-0.05, 0) is 36.4 Å². The first kappa shape index (κ1) is 16.3. The Morgan fingerprint density at radius 3 is 2.84 bits per heavy atom. The van der Waals surface area contributed by atoms with Crippen LogP contribution in [0.25, 0.3) is 17.3 Å². The highest BCUT2D eigenvalue weighted by Crippen LogP contribution is 2.37. The Morgan fingerprint density at radius 1 is 1.24 bits per heavy atom. The molecule has 0 bridgehead atoms. The molecule has 1 aliphatic heterocycles. The zero-order chi connectivity index (χ0) is 17.6. The van der Waals surface area contributed by atoms with Gasteiger partial charge in [-0.1, -0.05) is 51.0 Å². The lowest BCUT2D eigenvalue weighted by molar-refractivity contribution is 0.440. The molecule has 0 unspecified atom stereocenters. The van der Waals surface area contributed by atoms with E-state index < -0.39 is 0 Å². The van der Waals surface area contributed by atoms with Crippen LogP contribution in [0.1, 0.15) is 10.4 Å². The zero-order valence-corrected chi connectivity index (χ0v) is 15.8. The van der Waals surface area contributed by atoms with E-state index in [9.17, 15) is 9.90 Å². The molecule has 7 heteroatoms. The van der Waals surface area contributed by atoms with E-state index in [1.165, 1.54) is 4.57 Å². The van der Waals surface area contributed by atoms with Crippen LogP contribution in [-0.2, 0) is 0 Å². The average Bonchev–Trinajstić information content (AvgIpc) is 3.10. The minimum atomic E-state index is -0.304. The summed E-state index contributed by atoms with van der Waals surface area (Å²) >= 11 is 10.6. The Hall–Kier alpha value is -2.15. The van der Waals surface area contributed by atoms with Crippen LogP contribution in [0.4, 0.5) is 5.69 Å². The number of nitrogens with zero attached hydrogens (tertiary/aromatic N) is 2. The number of aliphatic imine (C=N–C) groups is 1. The Balaban J connectivity index is 1.84. The summed E-state index contributed by atoms with van der Waals surface area (Å²) in [6, 6.07) is 12.7. The topological polar surface area (TPSA) is 54.6 Å². The highest BCUT2D eigenvalue weighted by atomic mass is 79.9. The van der Waals surface area contributed by atoms with Crippen LogP contribution in [0.2, 0.25) is 5.02 Å². The van der Waals surface area contributed by atoms with Crippen LogP contribution < -0.4 is 4.87 Å². The second kappa shape index (κ2) is 6.29. The number of hydrogen-bond donors (Lipinski definition) is 1. The SMILES string of the molecule is O=c1sc(C=C2C=Nc3ccc(Br)cc32)c(O)n1-c1ccccc1Cl. The summed E-state index contributed by atoms with van der Waals surface area (Å²) in [5.41, 5.74) is 3.08. The molecule has 0 saturated carbocycles. The van der Waals surface area contributed by atoms with Crippen molar-refractivity contribution in [3.05, 3.63) is 72.1 Å². The summed E-state index contributed by atoms with van der Waals surface area (Å²) in [5.74, 6) is -0.132. The summed E-state index contributed by atoms with van der Waals surface area (Å²) in [6.07, 6.45) is 3.48. The van der Waals surface area contributed by atoms with E-state index in [1.54, 1.807) is 36.6 Å². The summed E-state index contributed by atoms with van der Waals surface area (Å²) < 4.78 is 2.15. The Morgan fingerprint density at radius 2 is 2.04 bits per heavy atom. The molecule has 2 aromatic carbocycles. The number of para-hydroxylation sites is 1. The number of rotatable bonds is 2. The molecule has 4 nitrogen and oxygen atoms in total. The van der Waals surface area contributed by atoms with Crippen molar-refractivity contribution in [3.63, 3.8) is 0 Å². The fourth-order valence-electron chi connectivity index (χ4n) is 2.64. The quantitative estimate of drug-likeness (QED) is 0.598. The van der Waals surface area contributed by atoms with E-state index in [4.69, 9.17) is 11.6 Å². The van der Waals surface area contributed by atoms with Crippen molar-refractivity contribution in [3.8, 4) is 11.6 Å². The molecule has 0 spiro atoms. The highest BCUT2D eigenvalue weighted by molar-refractivity contribution is 9.10. The standard InChI is InChI=1S/C18H10BrClN2O2S/c19-11-5-6-14-12(8-11)10(9-21-14)7-16-17(23)22(18(24)25-16)15-4-2-1-3-13(15)20/h1-9,23H. The predicted molar refractivity (Wildman–Crippen MR) is 107 cm³/mol. The summed E-state index contributed by atoms with van der Waals surface area (Å²) in [7, 11) is 0. The van der Waals surface area contributed by atoms with Crippen molar-refractivity contribution in [2.75, 3.05) is 0 Å². The van der Waals surface area contributed by atoms with E-state index in [0.717, 1.165) is 32.6 Å². The minimum absolute atomic E-state index is 0.132. The number of allylic oxidation sites excluding steroid dienone is 1. The number of thiazole rings is 1. The third-order valence-corrected chi connectivity index (χ3v) is 5.49. The van der Waals surface area contributed by atoms with Crippen LogP contribution in [-0.4, -0.2) is 15.9 Å². The van der Waals surface area contributed by atoms with Gasteiger partial charge in [-0.15, -0.1) is 0 Å². The van der Waals surface area contributed by atoms with Gasteiger partial charge in [-0.3, -0.25) is 9.79 Å². The molecule has 0 aliphatic carbocycles. The molecule has 0 fully saturated rings. The maximum Gasteiger partial charge on any atom is 0.315 e. The molecular formula is C18H10BrClN2O2S. The Kier molecular flexibility index (Phi) is 4.11. The van der Waals surface area contributed by atoms with Gasteiger partial charge in [-0.25, -0.2) is 4.57 Å². The number of benzene rings is 2. The van der Waals surface area contributed by atoms with E-state index in [-0.39, 0.29) is 10.8 Å². The maximum absolute atomic E-state index is 12.4. The molecule has 25 heavy (non-hydrogen) atoms. The number of hydrogen-bond acceptors (Lipinski definition) is 4. The third-order valence-electron chi connectivity index (χ3n) is 3.80. The molecule has 2 heterocycles. The van der Waals surface area contributed by atoms with Gasteiger partial charge in [-0.2, -0.15) is 0 Å². The van der Waals surface area contributed by atoms with Gasteiger partial charge >= 0.3 is 4.87 Å². The van der Waals surface area contributed by atoms with Crippen LogP contribution >= 0.6 is 38.9 Å². The van der Waals surface area contributed by atoms with Crippen LogP contribution in [0.5, 0.6) is 5.88 Å². The molecule has 3 aromatic rings. The number of aromatic nitrogens is 1. The first-order valence-corrected chi connectivity index (χ1v) is 9.29. The van der Waals surface area contributed by atoms with Crippen LogP contribution in [0.15, 0.2) is 56.7 Å². The zero-order valence-electron chi connectivity index (χ0n) is 12.6. The van der Waals surface area contributed by atoms with Gasteiger partial charge in [0.25, 0.3) is 0 Å². The first-order chi connectivity index (χ1) is 12.0. The van der Waals surface area contributed by atoms with E-state index in [1.807, 2.05) is 18.2 Å². The van der Waals surface area contributed by atoms with E-state index in [0.29, 0.717) is 15.6 Å². The number of fused-ring (bicyclic) bond motifs is 1. The second-order valence-electron chi connectivity index (χ2n) is 5.36. The van der Waals surface area contributed by atoms with Gasteiger partial charge in [0, 0.05) is 21.8 Å². The molecule has 124 valence electrons. The van der Waals surface area contributed by atoms with Crippen LogP contribution in [0, 0.1) is 0 Å².